The molecule has 142 valence electrons. The Bertz CT molecular complexity index is 726. The molecule has 0 fully saturated rings. The van der Waals surface area contributed by atoms with Crippen LogP contribution in [0, 0.1) is 0 Å². The van der Waals surface area contributed by atoms with E-state index in [4.69, 9.17) is 21.1 Å². The van der Waals surface area contributed by atoms with E-state index in [9.17, 15) is 0 Å². The molecule has 5 nitrogen and oxygen atoms in total. The lowest BCUT2D eigenvalue weighted by atomic mass is 10.2. The fourth-order valence-corrected chi connectivity index (χ4v) is 2.53. The molecule has 0 aromatic heterocycles. The minimum Gasteiger partial charge on any atom is -0.493 e. The van der Waals surface area contributed by atoms with Crippen LogP contribution in [0.5, 0.6) is 11.5 Å². The summed E-state index contributed by atoms with van der Waals surface area (Å²) >= 11 is 6.17. The molecular formula is C19H25ClIN3O2. The van der Waals surface area contributed by atoms with Crippen LogP contribution in [-0.4, -0.2) is 26.7 Å². The van der Waals surface area contributed by atoms with E-state index in [2.05, 4.69) is 15.6 Å². The zero-order valence-corrected chi connectivity index (χ0v) is 18.3. The maximum Gasteiger partial charge on any atom is 0.191 e. The van der Waals surface area contributed by atoms with Gasteiger partial charge in [-0.1, -0.05) is 35.9 Å². The molecule has 2 aromatic rings. The largest absolute Gasteiger partial charge is 0.493 e. The van der Waals surface area contributed by atoms with E-state index in [1.165, 1.54) is 0 Å². The lowest BCUT2D eigenvalue weighted by molar-refractivity contribution is 0.310. The third-order valence-electron chi connectivity index (χ3n) is 3.62. The molecule has 0 aliphatic heterocycles. The van der Waals surface area contributed by atoms with Crippen molar-refractivity contribution in [3.8, 4) is 11.5 Å². The smallest absolute Gasteiger partial charge is 0.191 e. The van der Waals surface area contributed by atoms with Crippen LogP contribution in [0.2, 0.25) is 5.02 Å². The molecule has 2 aromatic carbocycles. The first-order valence-corrected chi connectivity index (χ1v) is 8.53. The zero-order valence-electron chi connectivity index (χ0n) is 15.2. The summed E-state index contributed by atoms with van der Waals surface area (Å²) in [5.74, 6) is 2.17. The molecule has 0 saturated carbocycles. The molecule has 0 heterocycles. The van der Waals surface area contributed by atoms with E-state index in [0.717, 1.165) is 27.6 Å². The number of hydrogen-bond donors (Lipinski definition) is 2. The predicted molar refractivity (Wildman–Crippen MR) is 118 cm³/mol. The van der Waals surface area contributed by atoms with Crippen molar-refractivity contribution in [1.29, 1.82) is 0 Å². The number of rotatable bonds is 7. The molecule has 26 heavy (non-hydrogen) atoms. The Morgan fingerprint density at radius 3 is 2.46 bits per heavy atom. The number of hydrogen-bond acceptors (Lipinski definition) is 3. The number of nitrogens with one attached hydrogen (secondary N) is 2. The van der Waals surface area contributed by atoms with Gasteiger partial charge in [-0.25, -0.2) is 0 Å². The molecular weight excluding hydrogens is 465 g/mol. The summed E-state index contributed by atoms with van der Waals surface area (Å²) in [5.41, 5.74) is 2.09. The molecule has 0 saturated heterocycles. The first kappa shape index (κ1) is 22.4. The summed E-state index contributed by atoms with van der Waals surface area (Å²) in [5, 5.41) is 7.27. The lowest BCUT2D eigenvalue weighted by Crippen LogP contribution is -2.36. The third kappa shape index (κ3) is 6.57. The van der Waals surface area contributed by atoms with Gasteiger partial charge in [-0.3, -0.25) is 4.99 Å². The Kier molecular flexibility index (Phi) is 10.2. The summed E-state index contributed by atoms with van der Waals surface area (Å²) in [6.07, 6.45) is 0. The zero-order chi connectivity index (χ0) is 18.1. The van der Waals surface area contributed by atoms with E-state index in [0.29, 0.717) is 25.7 Å². The monoisotopic (exact) mass is 489 g/mol. The summed E-state index contributed by atoms with van der Waals surface area (Å²) in [6, 6.07) is 13.6. The van der Waals surface area contributed by atoms with Gasteiger partial charge in [0, 0.05) is 25.2 Å². The first-order valence-electron chi connectivity index (χ1n) is 8.15. The van der Waals surface area contributed by atoms with Crippen LogP contribution in [0.15, 0.2) is 47.5 Å². The maximum absolute atomic E-state index is 6.17. The molecule has 2 N–H and O–H groups in total. The molecule has 0 bridgehead atoms. The number of ether oxygens (including phenoxy) is 2. The second-order valence-corrected chi connectivity index (χ2v) is 5.70. The van der Waals surface area contributed by atoms with Gasteiger partial charge >= 0.3 is 0 Å². The number of methoxy groups -OCH3 is 1. The predicted octanol–water partition coefficient (Wildman–Crippen LogP) is 4.23. The summed E-state index contributed by atoms with van der Waals surface area (Å²) in [7, 11) is 3.37. The highest BCUT2D eigenvalue weighted by molar-refractivity contribution is 14.0. The van der Waals surface area contributed by atoms with Crippen molar-refractivity contribution < 1.29 is 9.47 Å². The Hall–Kier alpha value is -1.67. The Morgan fingerprint density at radius 1 is 1.08 bits per heavy atom. The van der Waals surface area contributed by atoms with Crippen LogP contribution >= 0.6 is 35.6 Å². The summed E-state index contributed by atoms with van der Waals surface area (Å²) < 4.78 is 10.9. The fourth-order valence-electron chi connectivity index (χ4n) is 2.32. The minimum absolute atomic E-state index is 0. The lowest BCUT2D eigenvalue weighted by Gasteiger charge is -2.14. The number of guanidine groups is 1. The molecule has 0 atom stereocenters. The number of nitrogens with zero attached hydrogens (tertiary/aromatic N) is 1. The molecule has 2 rings (SSSR count). The first-order chi connectivity index (χ1) is 12.2. The van der Waals surface area contributed by atoms with Gasteiger partial charge < -0.3 is 20.1 Å². The van der Waals surface area contributed by atoms with Crippen molar-refractivity contribution in [2.24, 2.45) is 4.99 Å². The van der Waals surface area contributed by atoms with Crippen molar-refractivity contribution in [2.75, 3.05) is 20.8 Å². The van der Waals surface area contributed by atoms with E-state index in [-0.39, 0.29) is 24.0 Å². The highest BCUT2D eigenvalue weighted by Gasteiger charge is 2.06. The topological polar surface area (TPSA) is 54.9 Å². The van der Waals surface area contributed by atoms with Gasteiger partial charge in [-0.05, 0) is 36.2 Å². The number of benzene rings is 2. The van der Waals surface area contributed by atoms with Crippen molar-refractivity contribution >= 4 is 41.5 Å². The highest BCUT2D eigenvalue weighted by atomic mass is 127. The van der Waals surface area contributed by atoms with E-state index in [1.54, 1.807) is 14.2 Å². The van der Waals surface area contributed by atoms with E-state index < -0.39 is 0 Å². The van der Waals surface area contributed by atoms with Gasteiger partial charge in [0.2, 0.25) is 0 Å². The SMILES string of the molecule is CCOc1ccc(CNC(=NC)NCc2ccccc2Cl)cc1OC.I. The molecule has 0 radical (unpaired) electrons. The van der Waals surface area contributed by atoms with Crippen LogP contribution in [0.4, 0.5) is 0 Å². The third-order valence-corrected chi connectivity index (χ3v) is 3.98. The molecule has 0 amide bonds. The van der Waals surface area contributed by atoms with Gasteiger partial charge in [0.1, 0.15) is 0 Å². The van der Waals surface area contributed by atoms with Gasteiger partial charge in [-0.2, -0.15) is 0 Å². The Labute approximate surface area is 177 Å². The quantitative estimate of drug-likeness (QED) is 0.347. The Morgan fingerprint density at radius 2 is 1.81 bits per heavy atom. The maximum atomic E-state index is 6.17. The van der Waals surface area contributed by atoms with E-state index >= 15 is 0 Å². The fraction of sp³-hybridized carbons (Fsp3) is 0.316. The van der Waals surface area contributed by atoms with Crippen LogP contribution in [0.25, 0.3) is 0 Å². The average molecular weight is 490 g/mol. The average Bonchev–Trinajstić information content (AvgIpc) is 2.64. The van der Waals surface area contributed by atoms with Crippen molar-refractivity contribution in [2.45, 2.75) is 20.0 Å². The molecule has 0 unspecified atom stereocenters. The van der Waals surface area contributed by atoms with Crippen LogP contribution in [0.3, 0.4) is 0 Å². The van der Waals surface area contributed by atoms with Crippen LogP contribution in [0.1, 0.15) is 18.1 Å². The molecule has 7 heteroatoms. The second-order valence-electron chi connectivity index (χ2n) is 5.29. The van der Waals surface area contributed by atoms with Crippen LogP contribution in [-0.2, 0) is 13.1 Å². The number of aliphatic imine (C=N–C) groups is 1. The van der Waals surface area contributed by atoms with E-state index in [1.807, 2.05) is 49.4 Å². The van der Waals surface area contributed by atoms with Crippen molar-refractivity contribution in [3.63, 3.8) is 0 Å². The summed E-state index contributed by atoms with van der Waals surface area (Å²) in [6.45, 7) is 3.77. The molecule has 0 spiro atoms. The normalized spacial score (nSPS) is 10.7. The Balaban J connectivity index is 0.00000338. The molecule has 0 aliphatic carbocycles. The highest BCUT2D eigenvalue weighted by Crippen LogP contribution is 2.27. The molecule has 0 aliphatic rings. The second kappa shape index (κ2) is 11.9. The number of halogens is 2. The van der Waals surface area contributed by atoms with Gasteiger partial charge in [0.25, 0.3) is 0 Å². The van der Waals surface area contributed by atoms with Crippen LogP contribution < -0.4 is 20.1 Å². The summed E-state index contributed by atoms with van der Waals surface area (Å²) in [4.78, 5) is 4.23. The van der Waals surface area contributed by atoms with Gasteiger partial charge in [0.15, 0.2) is 17.5 Å². The van der Waals surface area contributed by atoms with Crippen molar-refractivity contribution in [1.82, 2.24) is 10.6 Å². The van der Waals surface area contributed by atoms with Gasteiger partial charge in [0.05, 0.1) is 13.7 Å². The minimum atomic E-state index is 0. The van der Waals surface area contributed by atoms with Gasteiger partial charge in [-0.15, -0.1) is 24.0 Å². The van der Waals surface area contributed by atoms with Crippen molar-refractivity contribution in [3.05, 3.63) is 58.6 Å². The standard InChI is InChI=1S/C19H24ClN3O2.HI/c1-4-25-17-10-9-14(11-18(17)24-3)12-22-19(21-2)23-13-15-7-5-6-8-16(15)20;/h5-11H,4,12-13H2,1-3H3,(H2,21,22,23);1H.